The van der Waals surface area contributed by atoms with Crippen molar-refractivity contribution in [3.63, 3.8) is 0 Å². The van der Waals surface area contributed by atoms with Gasteiger partial charge in [0, 0.05) is 24.7 Å². The number of rotatable bonds is 5. The zero-order valence-corrected chi connectivity index (χ0v) is 14.5. The number of hydrogen-bond acceptors (Lipinski definition) is 5. The Kier molecular flexibility index (Phi) is 4.39. The Balaban J connectivity index is 1.38. The first kappa shape index (κ1) is 16.3. The minimum absolute atomic E-state index is 0.0381. The largest absolute Gasteiger partial charge is 0.494 e. The summed E-state index contributed by atoms with van der Waals surface area (Å²) in [5.74, 6) is 1.66. The molecular weight excluding hydrogens is 332 g/mol. The van der Waals surface area contributed by atoms with Crippen molar-refractivity contribution in [2.45, 2.75) is 25.9 Å². The molecule has 1 N–H and O–H groups in total. The number of carbonyl (C=O) groups is 1. The maximum Gasteiger partial charge on any atom is 0.225 e. The summed E-state index contributed by atoms with van der Waals surface area (Å²) in [6.07, 6.45) is 6.77. The molecular formula is C18H20N6O2. The molecule has 0 fully saturated rings. The Morgan fingerprint density at radius 3 is 3.12 bits per heavy atom. The molecule has 2 aromatic heterocycles. The normalized spacial score (nSPS) is 16.1. The van der Waals surface area contributed by atoms with Gasteiger partial charge in [-0.1, -0.05) is 12.1 Å². The summed E-state index contributed by atoms with van der Waals surface area (Å²) in [4.78, 5) is 16.6. The van der Waals surface area contributed by atoms with Gasteiger partial charge in [-0.15, -0.1) is 0 Å². The molecule has 1 aromatic carbocycles. The Hall–Kier alpha value is -3.16. The Bertz CT molecular complexity index is 916. The van der Waals surface area contributed by atoms with Gasteiger partial charge < -0.3 is 10.1 Å². The van der Waals surface area contributed by atoms with Crippen molar-refractivity contribution in [2.75, 3.05) is 7.11 Å². The third-order valence-corrected chi connectivity index (χ3v) is 4.61. The lowest BCUT2D eigenvalue weighted by molar-refractivity contribution is -0.126. The van der Waals surface area contributed by atoms with Gasteiger partial charge in [0.15, 0.2) is 0 Å². The molecule has 1 amide bonds. The summed E-state index contributed by atoms with van der Waals surface area (Å²) in [7, 11) is 1.63. The van der Waals surface area contributed by atoms with Crippen molar-refractivity contribution in [1.29, 1.82) is 0 Å². The second kappa shape index (κ2) is 6.99. The lowest BCUT2D eigenvalue weighted by atomic mass is 9.99. The summed E-state index contributed by atoms with van der Waals surface area (Å²) >= 11 is 0. The fourth-order valence-corrected chi connectivity index (χ4v) is 3.19. The van der Waals surface area contributed by atoms with E-state index in [4.69, 9.17) is 4.74 Å². The Morgan fingerprint density at radius 2 is 2.23 bits per heavy atom. The number of methoxy groups -OCH3 is 1. The number of aryl methyl sites for hydroxylation is 1. The minimum atomic E-state index is -0.0755. The fraction of sp³-hybridized carbons (Fsp3) is 0.333. The third kappa shape index (κ3) is 3.17. The van der Waals surface area contributed by atoms with Crippen LogP contribution in [0, 0.1) is 5.92 Å². The lowest BCUT2D eigenvalue weighted by Gasteiger charge is -2.21. The molecule has 0 spiro atoms. The van der Waals surface area contributed by atoms with E-state index in [0.29, 0.717) is 13.1 Å². The van der Waals surface area contributed by atoms with E-state index in [-0.39, 0.29) is 11.8 Å². The molecule has 1 atom stereocenters. The molecule has 0 saturated heterocycles. The molecule has 3 heterocycles. The summed E-state index contributed by atoms with van der Waals surface area (Å²) in [6, 6.07) is 7.67. The quantitative estimate of drug-likeness (QED) is 0.749. The van der Waals surface area contributed by atoms with Gasteiger partial charge in [-0.3, -0.25) is 4.79 Å². The van der Waals surface area contributed by atoms with E-state index in [1.165, 1.54) is 0 Å². The molecule has 0 bridgehead atoms. The van der Waals surface area contributed by atoms with Gasteiger partial charge in [0.1, 0.15) is 23.6 Å². The predicted octanol–water partition coefficient (Wildman–Crippen LogP) is 1.35. The van der Waals surface area contributed by atoms with Gasteiger partial charge in [0.05, 0.1) is 25.8 Å². The van der Waals surface area contributed by atoms with Crippen LogP contribution < -0.4 is 10.1 Å². The number of benzene rings is 1. The second-order valence-corrected chi connectivity index (χ2v) is 6.28. The number of nitrogens with one attached hydrogen (secondary N) is 1. The third-order valence-electron chi connectivity index (χ3n) is 4.61. The molecule has 1 aliphatic rings. The summed E-state index contributed by atoms with van der Waals surface area (Å²) in [5, 5.41) is 11.5. The number of ether oxygens (including phenoxy) is 1. The van der Waals surface area contributed by atoms with E-state index in [9.17, 15) is 4.79 Å². The summed E-state index contributed by atoms with van der Waals surface area (Å²) in [6.45, 7) is 1.02. The first-order valence-electron chi connectivity index (χ1n) is 8.56. The maximum absolute atomic E-state index is 12.5. The van der Waals surface area contributed by atoms with Gasteiger partial charge in [0.2, 0.25) is 5.91 Å². The van der Waals surface area contributed by atoms with Gasteiger partial charge in [-0.25, -0.2) is 14.3 Å². The number of amides is 1. The van der Waals surface area contributed by atoms with E-state index < -0.39 is 0 Å². The van der Waals surface area contributed by atoms with Crippen molar-refractivity contribution in [3.8, 4) is 11.4 Å². The molecule has 1 aliphatic heterocycles. The van der Waals surface area contributed by atoms with E-state index >= 15 is 0 Å². The SMILES string of the molecule is COc1ccccc1-n1cc(CNC(=O)C2CCc3ncnn3C2)cn1. The molecule has 134 valence electrons. The smallest absolute Gasteiger partial charge is 0.225 e. The number of para-hydroxylation sites is 2. The molecule has 26 heavy (non-hydrogen) atoms. The van der Waals surface area contributed by atoms with Crippen LogP contribution in [-0.2, 0) is 24.3 Å². The van der Waals surface area contributed by atoms with Crippen LogP contribution in [0.4, 0.5) is 0 Å². The van der Waals surface area contributed by atoms with Crippen LogP contribution in [0.5, 0.6) is 5.75 Å². The van der Waals surface area contributed by atoms with Crippen LogP contribution in [0.1, 0.15) is 17.8 Å². The Morgan fingerprint density at radius 1 is 1.35 bits per heavy atom. The van der Waals surface area contributed by atoms with Crippen molar-refractivity contribution in [2.24, 2.45) is 5.92 Å². The van der Waals surface area contributed by atoms with Crippen molar-refractivity contribution in [1.82, 2.24) is 29.9 Å². The highest BCUT2D eigenvalue weighted by molar-refractivity contribution is 5.78. The number of hydrogen-bond donors (Lipinski definition) is 1. The minimum Gasteiger partial charge on any atom is -0.494 e. The molecule has 1 unspecified atom stereocenters. The highest BCUT2D eigenvalue weighted by atomic mass is 16.5. The molecule has 3 aromatic rings. The highest BCUT2D eigenvalue weighted by Crippen LogP contribution is 2.22. The van der Waals surface area contributed by atoms with Gasteiger partial charge >= 0.3 is 0 Å². The van der Waals surface area contributed by atoms with Crippen LogP contribution in [0.25, 0.3) is 5.69 Å². The number of carbonyl (C=O) groups excluding carboxylic acids is 1. The van der Waals surface area contributed by atoms with Crippen molar-refractivity contribution in [3.05, 3.63) is 54.4 Å². The number of nitrogens with zero attached hydrogens (tertiary/aromatic N) is 5. The summed E-state index contributed by atoms with van der Waals surface area (Å²) in [5.41, 5.74) is 1.79. The lowest BCUT2D eigenvalue weighted by Crippen LogP contribution is -2.36. The second-order valence-electron chi connectivity index (χ2n) is 6.28. The standard InChI is InChI=1S/C18H20N6O2/c1-26-16-5-3-2-4-15(16)23-10-13(9-21-23)8-19-18(25)14-6-7-17-20-12-22-24(17)11-14/h2-5,9-10,12,14H,6-8,11H2,1H3,(H,19,25). The van der Waals surface area contributed by atoms with Crippen molar-refractivity contribution >= 4 is 5.91 Å². The van der Waals surface area contributed by atoms with Gasteiger partial charge in [-0.2, -0.15) is 10.2 Å². The number of fused-ring (bicyclic) bond motifs is 1. The highest BCUT2D eigenvalue weighted by Gasteiger charge is 2.25. The zero-order valence-electron chi connectivity index (χ0n) is 14.5. The molecule has 4 rings (SSSR count). The predicted molar refractivity (Wildman–Crippen MR) is 93.8 cm³/mol. The average molecular weight is 352 g/mol. The fourth-order valence-electron chi connectivity index (χ4n) is 3.19. The van der Waals surface area contributed by atoms with E-state index in [0.717, 1.165) is 35.7 Å². The number of aromatic nitrogens is 5. The van der Waals surface area contributed by atoms with E-state index in [1.807, 2.05) is 35.1 Å². The molecule has 0 aliphatic carbocycles. The molecule has 0 saturated carbocycles. The van der Waals surface area contributed by atoms with Crippen molar-refractivity contribution < 1.29 is 9.53 Å². The maximum atomic E-state index is 12.5. The zero-order chi connectivity index (χ0) is 17.9. The summed E-state index contributed by atoms with van der Waals surface area (Å²) < 4.78 is 8.93. The molecule has 0 radical (unpaired) electrons. The topological polar surface area (TPSA) is 86.9 Å². The van der Waals surface area contributed by atoms with Crippen LogP contribution in [0.15, 0.2) is 43.0 Å². The first-order valence-corrected chi connectivity index (χ1v) is 8.56. The Labute approximate surface area is 150 Å². The molecule has 8 heteroatoms. The van der Waals surface area contributed by atoms with E-state index in [1.54, 1.807) is 24.3 Å². The monoisotopic (exact) mass is 352 g/mol. The van der Waals surface area contributed by atoms with Gasteiger partial charge in [0.25, 0.3) is 0 Å². The average Bonchev–Trinajstić information content (AvgIpc) is 3.34. The molecule has 8 nitrogen and oxygen atoms in total. The first-order chi connectivity index (χ1) is 12.7. The van der Waals surface area contributed by atoms with Gasteiger partial charge in [-0.05, 0) is 18.6 Å². The van der Waals surface area contributed by atoms with Crippen LogP contribution in [0.3, 0.4) is 0 Å². The van der Waals surface area contributed by atoms with Crippen LogP contribution >= 0.6 is 0 Å². The van der Waals surface area contributed by atoms with Crippen LogP contribution in [-0.4, -0.2) is 37.6 Å². The van der Waals surface area contributed by atoms with E-state index in [2.05, 4.69) is 20.5 Å². The van der Waals surface area contributed by atoms with Crippen LogP contribution in [0.2, 0.25) is 0 Å².